The number of carbonyl (C=O) groups is 1. The van der Waals surface area contributed by atoms with Gasteiger partial charge >= 0.3 is 5.97 Å². The number of aryl methyl sites for hydroxylation is 1. The highest BCUT2D eigenvalue weighted by Crippen LogP contribution is 2.48. The number of ether oxygens (including phenoxy) is 1. The molecule has 5 rings (SSSR count). The van der Waals surface area contributed by atoms with Gasteiger partial charge in [0.05, 0.1) is 28.7 Å². The van der Waals surface area contributed by atoms with Crippen molar-refractivity contribution in [2.45, 2.75) is 26.0 Å². The van der Waals surface area contributed by atoms with Crippen molar-refractivity contribution in [2.24, 2.45) is 18.9 Å². The number of aromatic nitrogens is 3. The lowest BCUT2D eigenvalue weighted by molar-refractivity contribution is 0.0691. The molecule has 2 fully saturated rings. The maximum atomic E-state index is 13.3. The first kappa shape index (κ1) is 22.6. The summed E-state index contributed by atoms with van der Waals surface area (Å²) in [6.45, 7) is 5.45. The number of rotatable bonds is 6. The van der Waals surface area contributed by atoms with Crippen LogP contribution in [-0.4, -0.2) is 51.9 Å². The van der Waals surface area contributed by atoms with Crippen LogP contribution in [0.15, 0.2) is 29.1 Å². The van der Waals surface area contributed by atoms with E-state index in [0.717, 1.165) is 24.2 Å². The van der Waals surface area contributed by atoms with Crippen molar-refractivity contribution in [3.63, 3.8) is 0 Å². The Morgan fingerprint density at radius 2 is 1.97 bits per heavy atom. The first-order valence-corrected chi connectivity index (χ1v) is 11.5. The summed E-state index contributed by atoms with van der Waals surface area (Å²) in [7, 11) is 3.50. The molecule has 0 unspecified atom stereocenters. The molecule has 3 atom stereocenters. The van der Waals surface area contributed by atoms with E-state index < -0.39 is 5.97 Å². The summed E-state index contributed by atoms with van der Waals surface area (Å²) in [6, 6.07) is 6.60. The van der Waals surface area contributed by atoms with Gasteiger partial charge in [-0.1, -0.05) is 17.7 Å². The zero-order valence-corrected chi connectivity index (χ0v) is 20.1. The van der Waals surface area contributed by atoms with Crippen molar-refractivity contribution >= 4 is 40.1 Å². The molecule has 0 amide bonds. The number of nitrogens with one attached hydrogen (secondary N) is 1. The molecule has 9 nitrogen and oxygen atoms in total. The van der Waals surface area contributed by atoms with Gasteiger partial charge in [-0.3, -0.25) is 9.36 Å². The summed E-state index contributed by atoms with van der Waals surface area (Å²) >= 11 is 5.90. The topological polar surface area (TPSA) is 110 Å². The van der Waals surface area contributed by atoms with E-state index in [1.807, 2.05) is 26.0 Å². The molecule has 178 valence electrons. The highest BCUT2D eigenvalue weighted by atomic mass is 35.5. The van der Waals surface area contributed by atoms with Crippen molar-refractivity contribution in [1.29, 1.82) is 0 Å². The average Bonchev–Trinajstić information content (AvgIpc) is 3.27. The van der Waals surface area contributed by atoms with E-state index in [4.69, 9.17) is 21.3 Å². The zero-order chi connectivity index (χ0) is 24.3. The largest absolute Gasteiger partial charge is 0.476 e. The monoisotopic (exact) mass is 483 g/mol. The molecule has 34 heavy (non-hydrogen) atoms. The smallest absolute Gasteiger partial charge is 0.356 e. The molecule has 3 heterocycles. The van der Waals surface area contributed by atoms with Crippen LogP contribution in [0.3, 0.4) is 0 Å². The van der Waals surface area contributed by atoms with Gasteiger partial charge in [-0.15, -0.1) is 0 Å². The second-order valence-corrected chi connectivity index (χ2v) is 9.55. The summed E-state index contributed by atoms with van der Waals surface area (Å²) in [5, 5.41) is 13.4. The van der Waals surface area contributed by atoms with Gasteiger partial charge < -0.3 is 20.1 Å². The Kier molecular flexibility index (Phi) is 5.49. The van der Waals surface area contributed by atoms with Crippen LogP contribution in [-0.2, 0) is 11.8 Å². The van der Waals surface area contributed by atoms with E-state index in [2.05, 4.69) is 15.2 Å². The van der Waals surface area contributed by atoms with Crippen molar-refractivity contribution in [1.82, 2.24) is 14.5 Å². The zero-order valence-electron chi connectivity index (χ0n) is 19.4. The number of methoxy groups -OCH3 is 1. The van der Waals surface area contributed by atoms with Crippen LogP contribution in [0, 0.1) is 18.8 Å². The van der Waals surface area contributed by atoms with Crippen LogP contribution in [0.25, 0.3) is 10.9 Å². The SMILES string of the molecule is COC1[C@H]2CN(c3nc4c([C@@H](C)Nc5ccc(Cl)nc5C(=O)O)cc(C)cc4c(=O)n3C)C[C@H]12. The lowest BCUT2D eigenvalue weighted by atomic mass is 10.0. The van der Waals surface area contributed by atoms with Crippen molar-refractivity contribution in [3.05, 3.63) is 56.6 Å². The molecule has 2 aliphatic rings. The third-order valence-electron chi connectivity index (χ3n) is 6.90. The molecule has 0 spiro atoms. The summed E-state index contributed by atoms with van der Waals surface area (Å²) in [6.07, 6.45) is 0.299. The predicted molar refractivity (Wildman–Crippen MR) is 130 cm³/mol. The fourth-order valence-corrected chi connectivity index (χ4v) is 5.31. The van der Waals surface area contributed by atoms with Gasteiger partial charge in [-0.05, 0) is 37.6 Å². The number of anilines is 2. The fourth-order valence-electron chi connectivity index (χ4n) is 5.16. The summed E-state index contributed by atoms with van der Waals surface area (Å²) in [5.41, 5.74) is 2.39. The molecule has 2 aromatic heterocycles. The molecule has 1 aliphatic carbocycles. The average molecular weight is 484 g/mol. The molecule has 1 saturated carbocycles. The standard InChI is InChI=1S/C24H26ClN5O4/c1-11-7-13(12(2)26-17-5-6-18(25)27-20(17)23(32)33)19-14(8-11)22(31)29(3)24(28-19)30-9-15-16(10-30)21(15)34-4/h5-8,12,15-16,21,26H,9-10H2,1-4H3,(H,32,33)/t12-,15+,16+/m1/s1. The highest BCUT2D eigenvalue weighted by Gasteiger charge is 2.57. The molecule has 1 aliphatic heterocycles. The molecular weight excluding hydrogens is 458 g/mol. The summed E-state index contributed by atoms with van der Waals surface area (Å²) in [4.78, 5) is 36.0. The first-order chi connectivity index (χ1) is 16.2. The number of benzene rings is 1. The third kappa shape index (κ3) is 3.69. The number of pyridine rings is 1. The second kappa shape index (κ2) is 8.25. The van der Waals surface area contributed by atoms with E-state index in [9.17, 15) is 14.7 Å². The number of aromatic carboxylic acids is 1. The van der Waals surface area contributed by atoms with Crippen LogP contribution in [0.2, 0.25) is 5.15 Å². The van der Waals surface area contributed by atoms with Gasteiger partial charge in [0.15, 0.2) is 5.69 Å². The Morgan fingerprint density at radius 1 is 1.26 bits per heavy atom. The lowest BCUT2D eigenvalue weighted by Crippen LogP contribution is -2.33. The van der Waals surface area contributed by atoms with Crippen molar-refractivity contribution < 1.29 is 14.6 Å². The number of halogens is 1. The molecule has 0 bridgehead atoms. The summed E-state index contributed by atoms with van der Waals surface area (Å²) < 4.78 is 7.12. The lowest BCUT2D eigenvalue weighted by Gasteiger charge is -2.24. The van der Waals surface area contributed by atoms with Crippen LogP contribution in [0.5, 0.6) is 0 Å². The third-order valence-corrected chi connectivity index (χ3v) is 7.11. The quantitative estimate of drug-likeness (QED) is 0.514. The minimum Gasteiger partial charge on any atom is -0.476 e. The Morgan fingerprint density at radius 3 is 2.62 bits per heavy atom. The second-order valence-electron chi connectivity index (χ2n) is 9.16. The van der Waals surface area contributed by atoms with Crippen LogP contribution in [0.4, 0.5) is 11.6 Å². The minimum absolute atomic E-state index is 0.103. The van der Waals surface area contributed by atoms with Crippen molar-refractivity contribution in [3.8, 4) is 0 Å². The van der Waals surface area contributed by atoms with Gasteiger partial charge in [0.1, 0.15) is 5.15 Å². The van der Waals surface area contributed by atoms with E-state index in [1.54, 1.807) is 24.8 Å². The number of fused-ring (bicyclic) bond motifs is 2. The number of hydrogen-bond acceptors (Lipinski definition) is 7. The Labute approximate surface area is 201 Å². The normalized spacial score (nSPS) is 22.0. The Balaban J connectivity index is 1.56. The molecular formula is C24H26ClN5O4. The fraction of sp³-hybridized carbons (Fsp3) is 0.417. The van der Waals surface area contributed by atoms with E-state index in [-0.39, 0.29) is 22.4 Å². The predicted octanol–water partition coefficient (Wildman–Crippen LogP) is 3.24. The number of carboxylic acid groups (broad SMARTS) is 1. The van der Waals surface area contributed by atoms with Gasteiger partial charge in [0.2, 0.25) is 5.95 Å². The Hall–Kier alpha value is -3.17. The molecule has 0 radical (unpaired) electrons. The number of carboxylic acids is 1. The Bertz CT molecular complexity index is 1360. The molecule has 3 aromatic rings. The molecule has 1 aromatic carbocycles. The van der Waals surface area contributed by atoms with Gasteiger partial charge in [0.25, 0.3) is 5.56 Å². The maximum absolute atomic E-state index is 13.3. The maximum Gasteiger partial charge on any atom is 0.356 e. The minimum atomic E-state index is -1.18. The van der Waals surface area contributed by atoms with Crippen molar-refractivity contribution in [2.75, 3.05) is 30.4 Å². The van der Waals surface area contributed by atoms with Crippen LogP contribution < -0.4 is 15.8 Å². The number of nitrogens with zero attached hydrogens (tertiary/aromatic N) is 4. The highest BCUT2D eigenvalue weighted by molar-refractivity contribution is 6.29. The molecule has 2 N–H and O–H groups in total. The van der Waals surface area contributed by atoms with Crippen LogP contribution in [0.1, 0.15) is 34.6 Å². The first-order valence-electron chi connectivity index (χ1n) is 11.1. The number of piperidine rings is 1. The van der Waals surface area contributed by atoms with E-state index >= 15 is 0 Å². The van der Waals surface area contributed by atoms with Gasteiger partial charge in [0, 0.05) is 44.6 Å². The number of hydrogen-bond donors (Lipinski definition) is 2. The van der Waals surface area contributed by atoms with E-state index in [1.165, 1.54) is 6.07 Å². The van der Waals surface area contributed by atoms with E-state index in [0.29, 0.717) is 40.5 Å². The van der Waals surface area contributed by atoms with Gasteiger partial charge in [-0.25, -0.2) is 14.8 Å². The van der Waals surface area contributed by atoms with Gasteiger partial charge in [-0.2, -0.15) is 0 Å². The molecule has 1 saturated heterocycles. The summed E-state index contributed by atoms with van der Waals surface area (Å²) in [5.74, 6) is 0.406. The van der Waals surface area contributed by atoms with Crippen LogP contribution >= 0.6 is 11.6 Å². The molecule has 10 heteroatoms.